The van der Waals surface area contributed by atoms with Crippen molar-refractivity contribution in [3.05, 3.63) is 54.1 Å². The molecule has 3 heterocycles. The monoisotopic (exact) mass is 486 g/mol. The number of nitrogens with zero attached hydrogens (tertiary/aromatic N) is 3. The van der Waals surface area contributed by atoms with Crippen LogP contribution in [0.3, 0.4) is 0 Å². The molecule has 1 amide bonds. The number of hydrogen-bond acceptors (Lipinski definition) is 8. The normalized spacial score (nSPS) is 23.7. The minimum atomic E-state index is -2.97. The summed E-state index contributed by atoms with van der Waals surface area (Å²) in [5, 5.41) is 3.97. The third kappa shape index (κ3) is 4.81. The Morgan fingerprint density at radius 2 is 1.85 bits per heavy atom. The van der Waals surface area contributed by atoms with Crippen molar-refractivity contribution in [2.24, 2.45) is 4.99 Å². The van der Waals surface area contributed by atoms with E-state index in [1.54, 1.807) is 7.11 Å². The van der Waals surface area contributed by atoms with E-state index in [4.69, 9.17) is 4.74 Å². The first kappa shape index (κ1) is 22.1. The van der Waals surface area contributed by atoms with Gasteiger partial charge in [0.25, 0.3) is 5.91 Å². The van der Waals surface area contributed by atoms with Crippen LogP contribution in [0.1, 0.15) is 10.4 Å². The number of fused-ring (bicyclic) bond motifs is 1. The number of rotatable bonds is 4. The van der Waals surface area contributed by atoms with Crippen LogP contribution in [-0.4, -0.2) is 80.5 Å². The van der Waals surface area contributed by atoms with E-state index in [2.05, 4.69) is 15.2 Å². The van der Waals surface area contributed by atoms with Crippen LogP contribution in [0.15, 0.2) is 53.5 Å². The zero-order valence-corrected chi connectivity index (χ0v) is 19.9. The van der Waals surface area contributed by atoms with E-state index in [1.807, 2.05) is 53.4 Å². The molecular weight excluding hydrogens is 460 g/mol. The third-order valence-corrected chi connectivity index (χ3v) is 9.33. The molecule has 0 bridgehead atoms. The summed E-state index contributed by atoms with van der Waals surface area (Å²) in [5.74, 6) is 1.14. The van der Waals surface area contributed by atoms with Gasteiger partial charge >= 0.3 is 0 Å². The fraction of sp³-hybridized carbons (Fsp3) is 0.391. The van der Waals surface area contributed by atoms with E-state index < -0.39 is 9.84 Å². The smallest absolute Gasteiger partial charge is 0.254 e. The first-order valence-corrected chi connectivity index (χ1v) is 13.6. The van der Waals surface area contributed by atoms with Crippen LogP contribution in [0.2, 0.25) is 0 Å². The number of carbonyl (C=O) groups excluding carboxylic acids is 1. The highest BCUT2D eigenvalue weighted by Gasteiger charge is 2.42. The number of nitrogens with one attached hydrogen (secondary N) is 1. The van der Waals surface area contributed by atoms with Gasteiger partial charge in [0.05, 0.1) is 24.7 Å². The standard InChI is InChI=1S/C23H26N4O4S2/c1-31-19-7-5-18(6-8-19)26-9-11-27(12-10-26)22(28)16-3-2-4-17(13-16)24-23-25-20-14-33(29,30)15-21(20)32-23/h2-8,13,20-21H,9-12,14-15H2,1H3,(H,24,25)/t20-,21-/m0/s1. The number of aliphatic imine (C=N–C) groups is 1. The van der Waals surface area contributed by atoms with E-state index in [-0.39, 0.29) is 28.7 Å². The maximum absolute atomic E-state index is 13.1. The molecule has 0 saturated carbocycles. The number of carbonyl (C=O) groups is 1. The Labute approximate surface area is 197 Å². The number of piperazine rings is 1. The molecule has 0 aromatic heterocycles. The van der Waals surface area contributed by atoms with Gasteiger partial charge in [0.15, 0.2) is 15.0 Å². The molecule has 5 rings (SSSR count). The average molecular weight is 487 g/mol. The molecule has 0 spiro atoms. The van der Waals surface area contributed by atoms with Crippen LogP contribution >= 0.6 is 11.8 Å². The summed E-state index contributed by atoms with van der Waals surface area (Å²) >= 11 is 1.47. The van der Waals surface area contributed by atoms with E-state index in [1.165, 1.54) is 11.8 Å². The summed E-state index contributed by atoms with van der Waals surface area (Å²) in [5.41, 5.74) is 2.54. The van der Waals surface area contributed by atoms with E-state index in [0.29, 0.717) is 18.7 Å². The van der Waals surface area contributed by atoms with Gasteiger partial charge in [-0.2, -0.15) is 0 Å². The first-order valence-electron chi connectivity index (χ1n) is 10.9. The zero-order chi connectivity index (χ0) is 23.0. The Bertz CT molecular complexity index is 1180. The van der Waals surface area contributed by atoms with Crippen LogP contribution in [0.4, 0.5) is 11.4 Å². The molecule has 2 saturated heterocycles. The second kappa shape index (κ2) is 8.90. The predicted molar refractivity (Wildman–Crippen MR) is 132 cm³/mol. The highest BCUT2D eigenvalue weighted by atomic mass is 32.2. The average Bonchev–Trinajstić information content (AvgIpc) is 3.31. The van der Waals surface area contributed by atoms with Gasteiger partial charge in [-0.15, -0.1) is 0 Å². The van der Waals surface area contributed by atoms with Crippen molar-refractivity contribution in [3.8, 4) is 5.75 Å². The van der Waals surface area contributed by atoms with E-state index >= 15 is 0 Å². The lowest BCUT2D eigenvalue weighted by molar-refractivity contribution is 0.0747. The molecule has 0 aliphatic carbocycles. The largest absolute Gasteiger partial charge is 0.497 e. The van der Waals surface area contributed by atoms with Gasteiger partial charge in [-0.25, -0.2) is 8.42 Å². The van der Waals surface area contributed by atoms with Crippen LogP contribution in [0.5, 0.6) is 5.75 Å². The van der Waals surface area contributed by atoms with Gasteiger partial charge in [0.2, 0.25) is 0 Å². The van der Waals surface area contributed by atoms with Crippen molar-refractivity contribution < 1.29 is 17.9 Å². The van der Waals surface area contributed by atoms with Crippen molar-refractivity contribution in [2.75, 3.05) is 55.0 Å². The lowest BCUT2D eigenvalue weighted by Crippen LogP contribution is -2.48. The second-order valence-corrected chi connectivity index (χ2v) is 11.8. The Kier molecular flexibility index (Phi) is 5.96. The van der Waals surface area contributed by atoms with Crippen molar-refractivity contribution in [1.82, 2.24) is 4.90 Å². The SMILES string of the molecule is COc1ccc(N2CCN(C(=O)c3cccc(NC4=N[C@H]5CS(=O)(=O)C[C@@H]5S4)c3)CC2)cc1. The van der Waals surface area contributed by atoms with Crippen molar-refractivity contribution in [3.63, 3.8) is 0 Å². The molecule has 2 atom stereocenters. The minimum Gasteiger partial charge on any atom is -0.497 e. The number of anilines is 2. The number of amides is 1. The first-order chi connectivity index (χ1) is 15.9. The quantitative estimate of drug-likeness (QED) is 0.709. The van der Waals surface area contributed by atoms with Gasteiger partial charge in [-0.05, 0) is 42.5 Å². The van der Waals surface area contributed by atoms with Gasteiger partial charge in [0, 0.05) is 48.4 Å². The molecule has 174 valence electrons. The summed E-state index contributed by atoms with van der Waals surface area (Å²) in [6.07, 6.45) is 0. The molecule has 2 aromatic rings. The molecule has 3 aliphatic heterocycles. The Balaban J connectivity index is 1.19. The van der Waals surface area contributed by atoms with Gasteiger partial charge < -0.3 is 19.9 Å². The summed E-state index contributed by atoms with van der Waals surface area (Å²) < 4.78 is 28.7. The summed E-state index contributed by atoms with van der Waals surface area (Å²) in [6.45, 7) is 2.86. The highest BCUT2D eigenvalue weighted by molar-refractivity contribution is 8.15. The number of ether oxygens (including phenoxy) is 1. The van der Waals surface area contributed by atoms with E-state index in [9.17, 15) is 13.2 Å². The molecule has 33 heavy (non-hydrogen) atoms. The number of benzene rings is 2. The number of amidine groups is 1. The Morgan fingerprint density at radius 1 is 1.09 bits per heavy atom. The maximum atomic E-state index is 13.1. The van der Waals surface area contributed by atoms with Crippen LogP contribution in [0, 0.1) is 0 Å². The van der Waals surface area contributed by atoms with Crippen molar-refractivity contribution in [2.45, 2.75) is 11.3 Å². The van der Waals surface area contributed by atoms with Gasteiger partial charge in [0.1, 0.15) is 5.75 Å². The summed E-state index contributed by atoms with van der Waals surface area (Å²) in [6, 6.07) is 15.2. The lowest BCUT2D eigenvalue weighted by atomic mass is 10.1. The molecular formula is C23H26N4O4S2. The topological polar surface area (TPSA) is 91.3 Å². The number of methoxy groups -OCH3 is 1. The predicted octanol–water partition coefficient (Wildman–Crippen LogP) is 2.34. The second-order valence-electron chi connectivity index (χ2n) is 8.42. The van der Waals surface area contributed by atoms with E-state index in [0.717, 1.165) is 35.4 Å². The maximum Gasteiger partial charge on any atom is 0.254 e. The molecule has 2 fully saturated rings. The van der Waals surface area contributed by atoms with Crippen LogP contribution < -0.4 is 15.0 Å². The minimum absolute atomic E-state index is 0.00990. The molecule has 8 nitrogen and oxygen atoms in total. The molecule has 3 aliphatic rings. The van der Waals surface area contributed by atoms with Crippen molar-refractivity contribution >= 4 is 44.0 Å². The van der Waals surface area contributed by atoms with Crippen molar-refractivity contribution in [1.29, 1.82) is 0 Å². The Hall–Kier alpha value is -2.72. The molecule has 0 unspecified atom stereocenters. The highest BCUT2D eigenvalue weighted by Crippen LogP contribution is 2.34. The van der Waals surface area contributed by atoms with Gasteiger partial charge in [-0.1, -0.05) is 17.8 Å². The molecule has 1 N–H and O–H groups in total. The van der Waals surface area contributed by atoms with Crippen LogP contribution in [-0.2, 0) is 9.84 Å². The molecule has 10 heteroatoms. The number of hydrogen-bond donors (Lipinski definition) is 1. The Morgan fingerprint density at radius 3 is 2.55 bits per heavy atom. The summed E-state index contributed by atoms with van der Waals surface area (Å²) in [4.78, 5) is 21.8. The molecule has 0 radical (unpaired) electrons. The zero-order valence-electron chi connectivity index (χ0n) is 18.3. The third-order valence-electron chi connectivity index (χ3n) is 6.18. The summed E-state index contributed by atoms with van der Waals surface area (Å²) in [7, 11) is -1.32. The fourth-order valence-electron chi connectivity index (χ4n) is 4.41. The van der Waals surface area contributed by atoms with Crippen LogP contribution in [0.25, 0.3) is 0 Å². The fourth-order valence-corrected chi connectivity index (χ4v) is 8.09. The number of thioether (sulfide) groups is 1. The number of sulfone groups is 1. The van der Waals surface area contributed by atoms with Gasteiger partial charge in [-0.3, -0.25) is 9.79 Å². The lowest BCUT2D eigenvalue weighted by Gasteiger charge is -2.36. The molecule has 2 aromatic carbocycles.